The van der Waals surface area contributed by atoms with Gasteiger partial charge in [0, 0.05) is 25.7 Å². The lowest BCUT2D eigenvalue weighted by Crippen LogP contribution is -2.29. The molecule has 7 heteroatoms. The number of anilines is 2. The Bertz CT molecular complexity index is 447. The summed E-state index contributed by atoms with van der Waals surface area (Å²) in [4.78, 5) is 13.1. The predicted molar refractivity (Wildman–Crippen MR) is 79.7 cm³/mol. The summed E-state index contributed by atoms with van der Waals surface area (Å²) in [7, 11) is 0. The summed E-state index contributed by atoms with van der Waals surface area (Å²) in [6.45, 7) is 2.05. The number of nitrogens with zero attached hydrogens (tertiary/aromatic N) is 1. The van der Waals surface area contributed by atoms with Crippen LogP contribution in [0.4, 0.5) is 11.4 Å². The summed E-state index contributed by atoms with van der Waals surface area (Å²) < 4.78 is 5.36. The molecule has 118 valence electrons. The summed E-state index contributed by atoms with van der Waals surface area (Å²) in [6, 6.07) is 5.15. The van der Waals surface area contributed by atoms with Crippen LogP contribution in [0.2, 0.25) is 0 Å². The summed E-state index contributed by atoms with van der Waals surface area (Å²) in [6.07, 6.45) is 0. The molecule has 1 aromatic rings. The molecule has 0 unspecified atom stereocenters. The smallest absolute Gasteiger partial charge is 0.221 e. The molecule has 4 N–H and O–H groups in total. The number of hydrogen-bond donors (Lipinski definition) is 4. The van der Waals surface area contributed by atoms with Crippen molar-refractivity contribution < 1.29 is 24.9 Å². The lowest BCUT2D eigenvalue weighted by atomic mass is 10.2. The van der Waals surface area contributed by atoms with E-state index in [1.165, 1.54) is 6.92 Å². The number of ether oxygens (including phenoxy) is 1. The van der Waals surface area contributed by atoms with Gasteiger partial charge in [-0.05, 0) is 18.2 Å². The number of carbonyl (C=O) groups excluding carboxylic acids is 1. The largest absolute Gasteiger partial charge is 0.489 e. The van der Waals surface area contributed by atoms with Crippen LogP contribution >= 0.6 is 0 Å². The molecule has 0 aliphatic heterocycles. The molecule has 0 radical (unpaired) electrons. The van der Waals surface area contributed by atoms with Crippen LogP contribution in [0.3, 0.4) is 0 Å². The first-order chi connectivity index (χ1) is 10.1. The van der Waals surface area contributed by atoms with Gasteiger partial charge in [0.15, 0.2) is 0 Å². The van der Waals surface area contributed by atoms with Crippen molar-refractivity contribution in [3.8, 4) is 5.75 Å². The molecule has 0 aliphatic rings. The molecule has 0 bridgehead atoms. The van der Waals surface area contributed by atoms with Gasteiger partial charge >= 0.3 is 0 Å². The molecule has 21 heavy (non-hydrogen) atoms. The SMILES string of the molecule is CC(=O)Nc1cc(N(CCO)CCO)ccc1OCCO. The topological polar surface area (TPSA) is 102 Å². The minimum absolute atomic E-state index is 0.0434. The Morgan fingerprint density at radius 2 is 1.86 bits per heavy atom. The average Bonchev–Trinajstić information content (AvgIpc) is 2.45. The number of carbonyl (C=O) groups is 1. The predicted octanol–water partition coefficient (Wildman–Crippen LogP) is -0.193. The van der Waals surface area contributed by atoms with Gasteiger partial charge in [0.1, 0.15) is 12.4 Å². The van der Waals surface area contributed by atoms with Crippen molar-refractivity contribution in [3.63, 3.8) is 0 Å². The molecule has 0 aromatic heterocycles. The van der Waals surface area contributed by atoms with Crippen LogP contribution in [-0.4, -0.2) is 60.7 Å². The Morgan fingerprint density at radius 1 is 1.19 bits per heavy atom. The third-order valence-electron chi connectivity index (χ3n) is 2.73. The van der Waals surface area contributed by atoms with Crippen molar-refractivity contribution in [3.05, 3.63) is 18.2 Å². The van der Waals surface area contributed by atoms with Crippen molar-refractivity contribution >= 4 is 17.3 Å². The molecule has 1 rings (SSSR count). The third-order valence-corrected chi connectivity index (χ3v) is 2.73. The summed E-state index contributed by atoms with van der Waals surface area (Å²) in [5.74, 6) is 0.216. The first-order valence-electron chi connectivity index (χ1n) is 6.74. The summed E-state index contributed by atoms with van der Waals surface area (Å²) >= 11 is 0. The molecule has 0 spiro atoms. The van der Waals surface area contributed by atoms with Crippen LogP contribution < -0.4 is 15.0 Å². The maximum absolute atomic E-state index is 11.3. The molecule has 0 saturated heterocycles. The van der Waals surface area contributed by atoms with E-state index >= 15 is 0 Å². The molecule has 7 nitrogen and oxygen atoms in total. The van der Waals surface area contributed by atoms with Gasteiger partial charge in [-0.1, -0.05) is 0 Å². The first kappa shape index (κ1) is 17.2. The Kier molecular flexibility index (Phi) is 7.52. The van der Waals surface area contributed by atoms with E-state index in [-0.39, 0.29) is 32.3 Å². The number of hydrogen-bond acceptors (Lipinski definition) is 6. The first-order valence-corrected chi connectivity index (χ1v) is 6.74. The molecule has 0 aliphatic carbocycles. The number of nitrogens with one attached hydrogen (secondary N) is 1. The fraction of sp³-hybridized carbons (Fsp3) is 0.500. The van der Waals surface area contributed by atoms with Crippen LogP contribution in [0.5, 0.6) is 5.75 Å². The zero-order valence-electron chi connectivity index (χ0n) is 12.1. The molecular formula is C14H22N2O5. The lowest BCUT2D eigenvalue weighted by molar-refractivity contribution is -0.114. The van der Waals surface area contributed by atoms with E-state index in [0.717, 1.165) is 5.69 Å². The monoisotopic (exact) mass is 298 g/mol. The van der Waals surface area contributed by atoms with E-state index in [4.69, 9.17) is 20.1 Å². The highest BCUT2D eigenvalue weighted by atomic mass is 16.5. The maximum atomic E-state index is 11.3. The zero-order chi connectivity index (χ0) is 15.7. The lowest BCUT2D eigenvalue weighted by Gasteiger charge is -2.24. The normalized spacial score (nSPS) is 10.3. The van der Waals surface area contributed by atoms with E-state index in [0.29, 0.717) is 24.5 Å². The quantitative estimate of drug-likeness (QED) is 0.504. The number of rotatable bonds is 9. The molecule has 0 heterocycles. The van der Waals surface area contributed by atoms with E-state index < -0.39 is 0 Å². The van der Waals surface area contributed by atoms with Gasteiger partial charge in [0.05, 0.1) is 25.5 Å². The highest BCUT2D eigenvalue weighted by molar-refractivity contribution is 5.91. The van der Waals surface area contributed by atoms with Crippen LogP contribution in [0, 0.1) is 0 Å². The fourth-order valence-corrected chi connectivity index (χ4v) is 1.89. The molecule has 1 aromatic carbocycles. The van der Waals surface area contributed by atoms with E-state index in [2.05, 4.69) is 5.32 Å². The molecule has 1 amide bonds. The van der Waals surface area contributed by atoms with Crippen LogP contribution in [0.25, 0.3) is 0 Å². The molecular weight excluding hydrogens is 276 g/mol. The number of aliphatic hydroxyl groups is 3. The van der Waals surface area contributed by atoms with Crippen LogP contribution in [0.15, 0.2) is 18.2 Å². The third kappa shape index (κ3) is 5.58. The average molecular weight is 298 g/mol. The highest BCUT2D eigenvalue weighted by Gasteiger charge is 2.11. The van der Waals surface area contributed by atoms with Crippen molar-refractivity contribution in [1.82, 2.24) is 0 Å². The van der Waals surface area contributed by atoms with Crippen LogP contribution in [-0.2, 0) is 4.79 Å². The van der Waals surface area contributed by atoms with Crippen molar-refractivity contribution in [1.29, 1.82) is 0 Å². The second-order valence-corrected chi connectivity index (χ2v) is 4.37. The van der Waals surface area contributed by atoms with Gasteiger partial charge in [-0.3, -0.25) is 4.79 Å². The van der Waals surface area contributed by atoms with Gasteiger partial charge < -0.3 is 30.3 Å². The van der Waals surface area contributed by atoms with Crippen molar-refractivity contribution in [2.24, 2.45) is 0 Å². The van der Waals surface area contributed by atoms with Crippen LogP contribution in [0.1, 0.15) is 6.92 Å². The Labute approximate surface area is 123 Å². The minimum atomic E-state index is -0.239. The van der Waals surface area contributed by atoms with Gasteiger partial charge in [-0.25, -0.2) is 0 Å². The van der Waals surface area contributed by atoms with E-state index in [9.17, 15) is 4.79 Å². The Balaban J connectivity index is 3.02. The van der Waals surface area contributed by atoms with E-state index in [1.807, 2.05) is 0 Å². The van der Waals surface area contributed by atoms with Gasteiger partial charge in [0.2, 0.25) is 5.91 Å². The molecule has 0 fully saturated rings. The van der Waals surface area contributed by atoms with Gasteiger partial charge in [-0.2, -0.15) is 0 Å². The number of aliphatic hydroxyl groups excluding tert-OH is 3. The molecule has 0 saturated carbocycles. The highest BCUT2D eigenvalue weighted by Crippen LogP contribution is 2.30. The van der Waals surface area contributed by atoms with Crippen molar-refractivity contribution in [2.75, 3.05) is 49.7 Å². The second-order valence-electron chi connectivity index (χ2n) is 4.37. The summed E-state index contributed by atoms with van der Waals surface area (Å²) in [5, 5.41) is 29.6. The standard InChI is InChI=1S/C14H22N2O5/c1-11(20)15-13-10-12(16(4-6-17)5-7-18)2-3-14(13)21-9-8-19/h2-3,10,17-19H,4-9H2,1H3,(H,15,20). The maximum Gasteiger partial charge on any atom is 0.221 e. The molecule has 0 atom stereocenters. The van der Waals surface area contributed by atoms with Gasteiger partial charge in [-0.15, -0.1) is 0 Å². The van der Waals surface area contributed by atoms with E-state index in [1.54, 1.807) is 23.1 Å². The fourth-order valence-electron chi connectivity index (χ4n) is 1.89. The Morgan fingerprint density at radius 3 is 2.38 bits per heavy atom. The van der Waals surface area contributed by atoms with Crippen molar-refractivity contribution in [2.45, 2.75) is 6.92 Å². The second kappa shape index (κ2) is 9.17. The Hall–Kier alpha value is -1.83. The minimum Gasteiger partial charge on any atom is -0.489 e. The number of benzene rings is 1. The number of amides is 1. The zero-order valence-corrected chi connectivity index (χ0v) is 12.1. The summed E-state index contributed by atoms with van der Waals surface area (Å²) in [5.41, 5.74) is 1.23. The van der Waals surface area contributed by atoms with Gasteiger partial charge in [0.25, 0.3) is 0 Å².